The van der Waals surface area contributed by atoms with E-state index in [0.29, 0.717) is 13.2 Å². The Morgan fingerprint density at radius 1 is 0.500 bits per heavy atom. The van der Waals surface area contributed by atoms with Crippen LogP contribution in [0.5, 0.6) is 11.5 Å². The Kier molecular flexibility index (Phi) is 10.5. The van der Waals surface area contributed by atoms with E-state index in [-0.39, 0.29) is 11.8 Å². The van der Waals surface area contributed by atoms with E-state index in [4.69, 9.17) is 9.47 Å². The molecule has 0 amide bonds. The van der Waals surface area contributed by atoms with Crippen LogP contribution < -0.4 is 9.47 Å². The number of benzene rings is 5. The molecule has 0 fully saturated rings. The molecule has 2 unspecified atom stereocenters. The first-order valence-electron chi connectivity index (χ1n) is 15.5. The average molecular weight is 579 g/mol. The highest BCUT2D eigenvalue weighted by Gasteiger charge is 2.16. The minimum Gasteiger partial charge on any atom is -0.489 e. The molecule has 2 heteroatoms. The van der Waals surface area contributed by atoms with Gasteiger partial charge in [0.15, 0.2) is 0 Å². The van der Waals surface area contributed by atoms with Crippen molar-refractivity contribution in [2.75, 3.05) is 0 Å². The van der Waals surface area contributed by atoms with Crippen molar-refractivity contribution in [1.29, 1.82) is 0 Å². The summed E-state index contributed by atoms with van der Waals surface area (Å²) in [5, 5.41) is 0. The fourth-order valence-electron chi connectivity index (χ4n) is 5.70. The van der Waals surface area contributed by atoms with Crippen molar-refractivity contribution < 1.29 is 9.47 Å². The number of hydrogen-bond acceptors (Lipinski definition) is 2. The Labute approximate surface area is 263 Å². The summed E-state index contributed by atoms with van der Waals surface area (Å²) in [7, 11) is 0. The summed E-state index contributed by atoms with van der Waals surface area (Å²) in [5.41, 5.74) is 9.52. The average Bonchev–Trinajstić information content (AvgIpc) is 3.07. The van der Waals surface area contributed by atoms with E-state index in [2.05, 4.69) is 112 Å². The van der Waals surface area contributed by atoms with Crippen LogP contribution in [-0.4, -0.2) is 0 Å². The minimum atomic E-state index is 0.289. The molecule has 0 bridgehead atoms. The summed E-state index contributed by atoms with van der Waals surface area (Å²) >= 11 is 0. The molecule has 222 valence electrons. The van der Waals surface area contributed by atoms with Crippen molar-refractivity contribution in [3.8, 4) is 11.5 Å². The second-order valence-electron chi connectivity index (χ2n) is 11.6. The van der Waals surface area contributed by atoms with Gasteiger partial charge in [0.2, 0.25) is 0 Å². The topological polar surface area (TPSA) is 18.5 Å². The third-order valence-electron chi connectivity index (χ3n) is 8.16. The van der Waals surface area contributed by atoms with E-state index < -0.39 is 0 Å². The summed E-state index contributed by atoms with van der Waals surface area (Å²) in [6.07, 6.45) is 5.60. The normalized spacial score (nSPS) is 12.2. The molecular formula is C42H42O2. The van der Waals surface area contributed by atoms with Crippen LogP contribution in [0, 0.1) is 0 Å². The smallest absolute Gasteiger partial charge is 0.123 e. The zero-order valence-electron chi connectivity index (χ0n) is 25.9. The molecule has 0 saturated carbocycles. The molecule has 0 aliphatic carbocycles. The van der Waals surface area contributed by atoms with Crippen LogP contribution in [-0.2, 0) is 26.1 Å². The zero-order valence-corrected chi connectivity index (χ0v) is 25.9. The molecule has 5 aromatic carbocycles. The van der Waals surface area contributed by atoms with Gasteiger partial charge >= 0.3 is 0 Å². The van der Waals surface area contributed by atoms with Gasteiger partial charge in [0, 0.05) is 0 Å². The Balaban J connectivity index is 1.29. The maximum atomic E-state index is 6.36. The first-order valence-corrected chi connectivity index (χ1v) is 15.5. The van der Waals surface area contributed by atoms with Crippen molar-refractivity contribution in [3.05, 3.63) is 179 Å². The van der Waals surface area contributed by atoms with Crippen molar-refractivity contribution in [3.63, 3.8) is 0 Å². The molecule has 2 nitrogen and oxygen atoms in total. The van der Waals surface area contributed by atoms with Gasteiger partial charge in [0.1, 0.15) is 24.7 Å². The summed E-state index contributed by atoms with van der Waals surface area (Å²) in [6, 6.07) is 42.5. The summed E-state index contributed by atoms with van der Waals surface area (Å²) in [5.74, 6) is 2.43. The van der Waals surface area contributed by atoms with E-state index in [9.17, 15) is 0 Å². The zero-order chi connectivity index (χ0) is 30.7. The minimum absolute atomic E-state index is 0.289. The SMILES string of the molecule is C=Cc1ccc(C(C)Cc2cccc(CC(C)c3ccc(C=C)cc3OCc3ccccc3)c2)c(OCc2ccccc2)c1. The lowest BCUT2D eigenvalue weighted by atomic mass is 9.89. The molecule has 0 aromatic heterocycles. The van der Waals surface area contributed by atoms with Gasteiger partial charge < -0.3 is 9.47 Å². The summed E-state index contributed by atoms with van der Waals surface area (Å²) in [6.45, 7) is 13.6. The van der Waals surface area contributed by atoms with E-state index in [1.54, 1.807) is 0 Å². The lowest BCUT2D eigenvalue weighted by Gasteiger charge is -2.20. The molecule has 5 aromatic rings. The molecule has 0 aliphatic heterocycles. The fourth-order valence-corrected chi connectivity index (χ4v) is 5.70. The number of hydrogen-bond donors (Lipinski definition) is 0. The predicted octanol–water partition coefficient (Wildman–Crippen LogP) is 10.8. The van der Waals surface area contributed by atoms with Gasteiger partial charge in [-0.2, -0.15) is 0 Å². The highest BCUT2D eigenvalue weighted by atomic mass is 16.5. The fraction of sp³-hybridized carbons (Fsp3) is 0.190. The lowest BCUT2D eigenvalue weighted by molar-refractivity contribution is 0.301. The van der Waals surface area contributed by atoms with Gasteiger partial charge in [-0.25, -0.2) is 0 Å². The maximum Gasteiger partial charge on any atom is 0.123 e. The van der Waals surface area contributed by atoms with Crippen LogP contribution in [0.1, 0.15) is 70.2 Å². The van der Waals surface area contributed by atoms with Crippen LogP contribution in [0.25, 0.3) is 12.2 Å². The van der Waals surface area contributed by atoms with Gasteiger partial charge in [0.25, 0.3) is 0 Å². The van der Waals surface area contributed by atoms with Gasteiger partial charge in [-0.15, -0.1) is 0 Å². The van der Waals surface area contributed by atoms with Crippen molar-refractivity contribution in [1.82, 2.24) is 0 Å². The third-order valence-corrected chi connectivity index (χ3v) is 8.16. The molecule has 0 spiro atoms. The molecule has 0 aliphatic rings. The Morgan fingerprint density at radius 3 is 1.32 bits per heavy atom. The van der Waals surface area contributed by atoms with E-state index >= 15 is 0 Å². The van der Waals surface area contributed by atoms with Crippen molar-refractivity contribution in [2.45, 2.75) is 51.7 Å². The number of ether oxygens (including phenoxy) is 2. The van der Waals surface area contributed by atoms with Crippen molar-refractivity contribution >= 4 is 12.2 Å². The van der Waals surface area contributed by atoms with E-state index in [1.807, 2.05) is 48.6 Å². The molecule has 44 heavy (non-hydrogen) atoms. The third kappa shape index (κ3) is 8.17. The number of rotatable bonds is 14. The largest absolute Gasteiger partial charge is 0.489 e. The van der Waals surface area contributed by atoms with Gasteiger partial charge in [-0.3, -0.25) is 0 Å². The highest BCUT2D eigenvalue weighted by molar-refractivity contribution is 5.54. The van der Waals surface area contributed by atoms with Crippen LogP contribution in [0.3, 0.4) is 0 Å². The molecule has 0 saturated heterocycles. The Bertz CT molecular complexity index is 1550. The first-order chi connectivity index (χ1) is 21.5. The van der Waals surface area contributed by atoms with Crippen LogP contribution in [0.4, 0.5) is 0 Å². The van der Waals surface area contributed by atoms with Crippen LogP contribution in [0.2, 0.25) is 0 Å². The molecule has 2 atom stereocenters. The first kappa shape index (κ1) is 30.6. The van der Waals surface area contributed by atoms with E-state index in [0.717, 1.165) is 46.6 Å². The summed E-state index contributed by atoms with van der Waals surface area (Å²) in [4.78, 5) is 0. The van der Waals surface area contributed by atoms with Gasteiger partial charge in [-0.1, -0.05) is 148 Å². The second kappa shape index (κ2) is 15.1. The standard InChI is InChI=1S/C42H42O2/c1-5-33-20-22-39(41(27-33)43-29-35-14-9-7-10-15-35)31(3)24-37-18-13-19-38(26-37)25-32(4)40-23-21-34(6-2)28-42(40)44-30-36-16-11-8-12-17-36/h5-23,26-28,31-32H,1-2,24-25,29-30H2,3-4H3. The summed E-state index contributed by atoms with van der Waals surface area (Å²) < 4.78 is 12.7. The van der Waals surface area contributed by atoms with Crippen LogP contribution in [0.15, 0.2) is 134 Å². The monoisotopic (exact) mass is 578 g/mol. The van der Waals surface area contributed by atoms with Gasteiger partial charge in [-0.05, 0) is 81.3 Å². The Morgan fingerprint density at radius 2 is 0.909 bits per heavy atom. The highest BCUT2D eigenvalue weighted by Crippen LogP contribution is 2.34. The molecule has 0 radical (unpaired) electrons. The molecule has 5 rings (SSSR count). The second-order valence-corrected chi connectivity index (χ2v) is 11.6. The molecular weight excluding hydrogens is 536 g/mol. The lowest BCUT2D eigenvalue weighted by Crippen LogP contribution is -2.06. The predicted molar refractivity (Wildman–Crippen MR) is 185 cm³/mol. The maximum absolute atomic E-state index is 6.36. The van der Waals surface area contributed by atoms with Gasteiger partial charge in [0.05, 0.1) is 0 Å². The Hall–Kier alpha value is -4.82. The van der Waals surface area contributed by atoms with Crippen LogP contribution >= 0.6 is 0 Å². The quantitative estimate of drug-likeness (QED) is 0.130. The molecule has 0 N–H and O–H groups in total. The van der Waals surface area contributed by atoms with Crippen molar-refractivity contribution in [2.24, 2.45) is 0 Å². The molecule has 0 heterocycles. The van der Waals surface area contributed by atoms with E-state index in [1.165, 1.54) is 22.3 Å².